The highest BCUT2D eigenvalue weighted by molar-refractivity contribution is 5.33. The van der Waals surface area contributed by atoms with Crippen molar-refractivity contribution in [1.29, 1.82) is 0 Å². The molecule has 0 fully saturated rings. The van der Waals surface area contributed by atoms with Gasteiger partial charge in [0, 0.05) is 19.3 Å². The lowest BCUT2D eigenvalue weighted by Gasteiger charge is -2.01. The maximum atomic E-state index is 8.49. The first-order valence-electron chi connectivity index (χ1n) is 3.91. The van der Waals surface area contributed by atoms with Crippen LogP contribution in [0, 0.1) is 0 Å². The third-order valence-electron chi connectivity index (χ3n) is 1.50. The zero-order valence-corrected chi connectivity index (χ0v) is 6.51. The molecule has 0 atom stereocenters. The van der Waals surface area contributed by atoms with Gasteiger partial charge in [0.15, 0.2) is 0 Å². The fourth-order valence-corrected chi connectivity index (χ4v) is 0.900. The van der Waals surface area contributed by atoms with Crippen molar-refractivity contribution in [2.45, 2.75) is 12.8 Å². The van der Waals surface area contributed by atoms with Crippen LogP contribution in [-0.4, -0.2) is 23.2 Å². The Bertz CT molecular complexity index is 172. The molecular formula is C8H14N2O. The molecule has 0 aliphatic heterocycles. The number of aliphatic hydroxyl groups excluding tert-OH is 1. The van der Waals surface area contributed by atoms with E-state index in [2.05, 4.69) is 10.3 Å². The second-order valence-corrected chi connectivity index (χ2v) is 2.44. The summed E-state index contributed by atoms with van der Waals surface area (Å²) in [5.74, 6) is 1.04. The predicted molar refractivity (Wildman–Crippen MR) is 45.6 cm³/mol. The average Bonchev–Trinajstić information content (AvgIpc) is 2.50. The SMILES string of the molecule is OCCCCNc1ccc[nH]1. The van der Waals surface area contributed by atoms with E-state index in [9.17, 15) is 0 Å². The van der Waals surface area contributed by atoms with Gasteiger partial charge in [-0.3, -0.25) is 0 Å². The minimum absolute atomic E-state index is 0.284. The molecule has 3 N–H and O–H groups in total. The summed E-state index contributed by atoms with van der Waals surface area (Å²) in [5, 5.41) is 11.7. The van der Waals surface area contributed by atoms with Crippen LogP contribution in [0.4, 0.5) is 5.82 Å². The van der Waals surface area contributed by atoms with Gasteiger partial charge in [-0.25, -0.2) is 0 Å². The molecule has 0 aromatic carbocycles. The van der Waals surface area contributed by atoms with Crippen LogP contribution in [0.1, 0.15) is 12.8 Å². The van der Waals surface area contributed by atoms with E-state index < -0.39 is 0 Å². The summed E-state index contributed by atoms with van der Waals surface area (Å²) in [7, 11) is 0. The highest BCUT2D eigenvalue weighted by Crippen LogP contribution is 2.00. The van der Waals surface area contributed by atoms with Crippen LogP contribution >= 0.6 is 0 Å². The van der Waals surface area contributed by atoms with E-state index in [0.29, 0.717) is 0 Å². The molecule has 0 saturated heterocycles. The first kappa shape index (κ1) is 8.14. The molecule has 0 aliphatic rings. The smallest absolute Gasteiger partial charge is 0.103 e. The highest BCUT2D eigenvalue weighted by atomic mass is 16.2. The summed E-state index contributed by atoms with van der Waals surface area (Å²) in [5.41, 5.74) is 0. The number of aliphatic hydroxyl groups is 1. The predicted octanol–water partition coefficient (Wildman–Crippen LogP) is 1.20. The Morgan fingerprint density at radius 2 is 2.36 bits per heavy atom. The molecule has 0 radical (unpaired) electrons. The van der Waals surface area contributed by atoms with Crippen molar-refractivity contribution in [3.8, 4) is 0 Å². The molecule has 1 heterocycles. The minimum atomic E-state index is 0.284. The van der Waals surface area contributed by atoms with Crippen LogP contribution < -0.4 is 5.32 Å². The van der Waals surface area contributed by atoms with Gasteiger partial charge in [-0.05, 0) is 25.0 Å². The van der Waals surface area contributed by atoms with Crippen molar-refractivity contribution in [3.63, 3.8) is 0 Å². The van der Waals surface area contributed by atoms with Crippen molar-refractivity contribution >= 4 is 5.82 Å². The van der Waals surface area contributed by atoms with E-state index in [-0.39, 0.29) is 6.61 Å². The average molecular weight is 154 g/mol. The Balaban J connectivity index is 2.04. The van der Waals surface area contributed by atoms with Gasteiger partial charge in [0.1, 0.15) is 5.82 Å². The fourth-order valence-electron chi connectivity index (χ4n) is 0.900. The number of unbranched alkanes of at least 4 members (excludes halogenated alkanes) is 1. The molecule has 3 nitrogen and oxygen atoms in total. The van der Waals surface area contributed by atoms with Crippen LogP contribution in [-0.2, 0) is 0 Å². The van der Waals surface area contributed by atoms with Gasteiger partial charge in [-0.15, -0.1) is 0 Å². The summed E-state index contributed by atoms with van der Waals surface area (Å²) in [6, 6.07) is 3.94. The van der Waals surface area contributed by atoms with Crippen molar-refractivity contribution in [3.05, 3.63) is 18.3 Å². The van der Waals surface area contributed by atoms with Crippen molar-refractivity contribution in [2.24, 2.45) is 0 Å². The van der Waals surface area contributed by atoms with Gasteiger partial charge >= 0.3 is 0 Å². The molecule has 11 heavy (non-hydrogen) atoms. The number of aromatic amines is 1. The number of rotatable bonds is 5. The molecule has 0 aliphatic carbocycles. The number of aromatic nitrogens is 1. The zero-order valence-electron chi connectivity index (χ0n) is 6.51. The van der Waals surface area contributed by atoms with Gasteiger partial charge in [0.25, 0.3) is 0 Å². The van der Waals surface area contributed by atoms with E-state index >= 15 is 0 Å². The van der Waals surface area contributed by atoms with Gasteiger partial charge in [-0.1, -0.05) is 0 Å². The number of hydrogen-bond donors (Lipinski definition) is 3. The second-order valence-electron chi connectivity index (χ2n) is 2.44. The standard InChI is InChI=1S/C8H14N2O/c11-7-2-1-5-9-8-4-3-6-10-8/h3-4,6,9-11H,1-2,5,7H2. The van der Waals surface area contributed by atoms with Crippen LogP contribution in [0.5, 0.6) is 0 Å². The summed E-state index contributed by atoms with van der Waals surface area (Å²) in [6.45, 7) is 1.20. The topological polar surface area (TPSA) is 48.0 Å². The molecule has 0 unspecified atom stereocenters. The molecule has 0 amide bonds. The van der Waals surface area contributed by atoms with Gasteiger partial charge in [0.05, 0.1) is 0 Å². The summed E-state index contributed by atoms with van der Waals surface area (Å²) in [6.07, 6.45) is 3.76. The van der Waals surface area contributed by atoms with Crippen molar-refractivity contribution < 1.29 is 5.11 Å². The minimum Gasteiger partial charge on any atom is -0.396 e. The zero-order chi connectivity index (χ0) is 7.94. The van der Waals surface area contributed by atoms with Crippen LogP contribution in [0.15, 0.2) is 18.3 Å². The van der Waals surface area contributed by atoms with E-state index in [4.69, 9.17) is 5.11 Å². The molecule has 1 aromatic rings. The van der Waals surface area contributed by atoms with Crippen molar-refractivity contribution in [1.82, 2.24) is 4.98 Å². The molecule has 0 bridgehead atoms. The molecule has 0 spiro atoms. The highest BCUT2D eigenvalue weighted by Gasteiger charge is 1.89. The molecular weight excluding hydrogens is 140 g/mol. The maximum absolute atomic E-state index is 8.49. The molecule has 1 aromatic heterocycles. The van der Waals surface area contributed by atoms with E-state index in [1.54, 1.807) is 0 Å². The first-order chi connectivity index (χ1) is 5.43. The number of nitrogens with one attached hydrogen (secondary N) is 2. The first-order valence-corrected chi connectivity index (χ1v) is 3.91. The Hall–Kier alpha value is -0.960. The monoisotopic (exact) mass is 154 g/mol. The third-order valence-corrected chi connectivity index (χ3v) is 1.50. The third kappa shape index (κ3) is 3.09. The number of hydrogen-bond acceptors (Lipinski definition) is 2. The Morgan fingerprint density at radius 3 is 3.00 bits per heavy atom. The number of H-pyrrole nitrogens is 1. The van der Waals surface area contributed by atoms with Gasteiger partial charge in [-0.2, -0.15) is 0 Å². The lowest BCUT2D eigenvalue weighted by molar-refractivity contribution is 0.286. The molecule has 3 heteroatoms. The Labute approximate surface area is 66.4 Å². The number of anilines is 1. The van der Waals surface area contributed by atoms with Crippen LogP contribution in [0.3, 0.4) is 0 Å². The molecule has 0 saturated carbocycles. The van der Waals surface area contributed by atoms with E-state index in [0.717, 1.165) is 25.2 Å². The Morgan fingerprint density at radius 1 is 1.45 bits per heavy atom. The fraction of sp³-hybridized carbons (Fsp3) is 0.500. The second kappa shape index (κ2) is 4.79. The normalized spacial score (nSPS) is 9.91. The van der Waals surface area contributed by atoms with E-state index in [1.165, 1.54) is 0 Å². The lowest BCUT2D eigenvalue weighted by atomic mass is 10.3. The summed E-state index contributed by atoms with van der Waals surface area (Å²) >= 11 is 0. The van der Waals surface area contributed by atoms with Crippen LogP contribution in [0.25, 0.3) is 0 Å². The van der Waals surface area contributed by atoms with Gasteiger partial charge in [0.2, 0.25) is 0 Å². The Kier molecular flexibility index (Phi) is 3.55. The van der Waals surface area contributed by atoms with Crippen LogP contribution in [0.2, 0.25) is 0 Å². The molecule has 62 valence electrons. The van der Waals surface area contributed by atoms with Gasteiger partial charge < -0.3 is 15.4 Å². The van der Waals surface area contributed by atoms with E-state index in [1.807, 2.05) is 18.3 Å². The summed E-state index contributed by atoms with van der Waals surface area (Å²) in [4.78, 5) is 3.04. The van der Waals surface area contributed by atoms with Crippen molar-refractivity contribution in [2.75, 3.05) is 18.5 Å². The maximum Gasteiger partial charge on any atom is 0.103 e. The largest absolute Gasteiger partial charge is 0.396 e. The summed E-state index contributed by atoms with van der Waals surface area (Å²) < 4.78 is 0. The quantitative estimate of drug-likeness (QED) is 0.558. The molecule has 1 rings (SSSR count). The lowest BCUT2D eigenvalue weighted by Crippen LogP contribution is -2.02.